The average Bonchev–Trinajstić information content (AvgIpc) is 3.35. The van der Waals surface area contributed by atoms with E-state index in [1.54, 1.807) is 66.7 Å². The number of sulfonamides is 1. The fourth-order valence-electron chi connectivity index (χ4n) is 3.59. The Morgan fingerprint density at radius 3 is 2.67 bits per heavy atom. The second kappa shape index (κ2) is 8.18. The van der Waals surface area contributed by atoms with Crippen LogP contribution in [0.5, 0.6) is 0 Å². The molecule has 0 atom stereocenters. The molecule has 3 aromatic carbocycles. The van der Waals surface area contributed by atoms with E-state index in [1.807, 2.05) is 6.92 Å². The Bertz CT molecular complexity index is 1510. The summed E-state index contributed by atoms with van der Waals surface area (Å²) >= 11 is 0. The first-order valence-corrected chi connectivity index (χ1v) is 11.9. The summed E-state index contributed by atoms with van der Waals surface area (Å²) in [6.07, 6.45) is 0.701. The number of hydrogen-bond acceptors (Lipinski definition) is 6. The van der Waals surface area contributed by atoms with E-state index in [4.69, 9.17) is 4.42 Å². The summed E-state index contributed by atoms with van der Waals surface area (Å²) in [5, 5.41) is 2.87. The Balaban J connectivity index is 1.28. The molecule has 0 saturated carbocycles. The fraction of sp³-hybridized carbons (Fsp3) is 0.125. The van der Waals surface area contributed by atoms with E-state index in [1.165, 1.54) is 0 Å². The maximum absolute atomic E-state index is 12.6. The van der Waals surface area contributed by atoms with E-state index >= 15 is 0 Å². The van der Waals surface area contributed by atoms with Gasteiger partial charge in [-0.2, -0.15) is 0 Å². The largest absolute Gasteiger partial charge is 0.441 e. The molecule has 1 aromatic heterocycles. The molecule has 2 heterocycles. The van der Waals surface area contributed by atoms with Gasteiger partial charge in [0, 0.05) is 23.2 Å². The summed E-state index contributed by atoms with van der Waals surface area (Å²) in [4.78, 5) is 21.7. The summed E-state index contributed by atoms with van der Waals surface area (Å²) in [5.41, 5.74) is 3.91. The predicted molar refractivity (Wildman–Crippen MR) is 125 cm³/mol. The molecule has 9 heteroatoms. The molecule has 2 N–H and O–H groups in total. The monoisotopic (exact) mass is 460 g/mol. The number of aliphatic imine (C=N–C) groups is 1. The quantitative estimate of drug-likeness (QED) is 0.469. The minimum Gasteiger partial charge on any atom is -0.441 e. The molecular weight excluding hydrogens is 440 g/mol. The minimum atomic E-state index is -3.57. The number of aryl methyl sites for hydroxylation is 1. The van der Waals surface area contributed by atoms with Gasteiger partial charge in [0.25, 0.3) is 15.9 Å². The van der Waals surface area contributed by atoms with Crippen molar-refractivity contribution in [1.82, 2.24) is 9.71 Å². The molecule has 4 aromatic rings. The highest BCUT2D eigenvalue weighted by molar-refractivity contribution is 7.90. The van der Waals surface area contributed by atoms with Crippen LogP contribution < -0.4 is 10.0 Å². The van der Waals surface area contributed by atoms with Crippen molar-refractivity contribution in [3.8, 4) is 0 Å². The average molecular weight is 461 g/mol. The Morgan fingerprint density at radius 2 is 1.88 bits per heavy atom. The number of oxazole rings is 1. The number of fused-ring (bicyclic) bond motifs is 2. The molecule has 5 rings (SSSR count). The molecule has 0 radical (unpaired) electrons. The van der Waals surface area contributed by atoms with Gasteiger partial charge in [0.2, 0.25) is 0 Å². The first-order valence-electron chi connectivity index (χ1n) is 10.4. The number of nitrogens with zero attached hydrogens (tertiary/aromatic N) is 2. The minimum absolute atomic E-state index is 0.227. The smallest absolute Gasteiger partial charge is 0.263 e. The SMILES string of the molecule is CCc1nc2cc(NC(=O)c3ccc(CN=C4NS(=O)(=O)c5ccccc54)cc3)ccc2o1. The standard InChI is InChI=1S/C24H20N4O4S/c1-2-22-27-19-13-17(11-12-20(19)32-22)26-24(29)16-9-7-15(8-10-16)14-25-23-18-5-3-4-6-21(18)33(30,31)28-23/h3-13H,2,14H2,1H3,(H,25,28)(H,26,29). The van der Waals surface area contributed by atoms with Crippen LogP contribution in [0.15, 0.2) is 81.0 Å². The van der Waals surface area contributed by atoms with Crippen LogP contribution in [0.25, 0.3) is 11.1 Å². The van der Waals surface area contributed by atoms with Crippen molar-refractivity contribution in [1.29, 1.82) is 0 Å². The van der Waals surface area contributed by atoms with E-state index in [0.29, 0.717) is 46.1 Å². The number of benzene rings is 3. The van der Waals surface area contributed by atoms with Crippen LogP contribution >= 0.6 is 0 Å². The molecule has 1 aliphatic rings. The fourth-order valence-corrected chi connectivity index (χ4v) is 4.84. The number of rotatable bonds is 5. The van der Waals surface area contributed by atoms with Gasteiger partial charge in [-0.25, -0.2) is 13.4 Å². The number of carbonyl (C=O) groups excluding carboxylic acids is 1. The molecule has 0 unspecified atom stereocenters. The lowest BCUT2D eigenvalue weighted by molar-refractivity contribution is 0.102. The normalized spacial score (nSPS) is 15.4. The van der Waals surface area contributed by atoms with E-state index < -0.39 is 10.0 Å². The van der Waals surface area contributed by atoms with Crippen LogP contribution in [0.4, 0.5) is 5.69 Å². The number of amides is 1. The molecule has 0 fully saturated rings. The van der Waals surface area contributed by atoms with E-state index in [-0.39, 0.29) is 17.3 Å². The Hall–Kier alpha value is -3.98. The number of hydrogen-bond donors (Lipinski definition) is 2. The first-order chi connectivity index (χ1) is 15.9. The second-order valence-electron chi connectivity index (χ2n) is 7.56. The molecule has 0 bridgehead atoms. The Kier molecular flexibility index (Phi) is 5.18. The van der Waals surface area contributed by atoms with Crippen molar-refractivity contribution >= 4 is 38.6 Å². The van der Waals surface area contributed by atoms with Crippen molar-refractivity contribution in [2.24, 2.45) is 4.99 Å². The van der Waals surface area contributed by atoms with Gasteiger partial charge >= 0.3 is 0 Å². The number of amidine groups is 1. The third-order valence-corrected chi connectivity index (χ3v) is 6.69. The van der Waals surface area contributed by atoms with Gasteiger partial charge in [0.05, 0.1) is 11.4 Å². The summed E-state index contributed by atoms with van der Waals surface area (Å²) in [7, 11) is -3.57. The topological polar surface area (TPSA) is 114 Å². The van der Waals surface area contributed by atoms with Gasteiger partial charge in [0.15, 0.2) is 11.5 Å². The van der Waals surface area contributed by atoms with E-state index in [0.717, 1.165) is 5.56 Å². The van der Waals surface area contributed by atoms with Crippen molar-refractivity contribution in [2.75, 3.05) is 5.32 Å². The molecule has 0 saturated heterocycles. The van der Waals surface area contributed by atoms with Gasteiger partial charge in [-0.1, -0.05) is 31.2 Å². The van der Waals surface area contributed by atoms with Crippen molar-refractivity contribution in [2.45, 2.75) is 24.8 Å². The van der Waals surface area contributed by atoms with Crippen LogP contribution in [0.2, 0.25) is 0 Å². The molecule has 1 aliphatic heterocycles. The lowest BCUT2D eigenvalue weighted by Gasteiger charge is -2.06. The lowest BCUT2D eigenvalue weighted by atomic mass is 10.1. The van der Waals surface area contributed by atoms with Gasteiger partial charge < -0.3 is 9.73 Å². The van der Waals surface area contributed by atoms with E-state index in [2.05, 4.69) is 20.0 Å². The summed E-state index contributed by atoms with van der Waals surface area (Å²) in [5.74, 6) is 0.729. The zero-order valence-electron chi connectivity index (χ0n) is 17.7. The summed E-state index contributed by atoms with van der Waals surface area (Å²) in [6, 6.07) is 19.1. The van der Waals surface area contributed by atoms with Gasteiger partial charge in [-0.05, 0) is 48.0 Å². The van der Waals surface area contributed by atoms with Crippen LogP contribution in [0.3, 0.4) is 0 Å². The summed E-state index contributed by atoms with van der Waals surface area (Å²) < 4.78 is 32.5. The lowest BCUT2D eigenvalue weighted by Crippen LogP contribution is -2.22. The summed E-state index contributed by atoms with van der Waals surface area (Å²) in [6.45, 7) is 2.24. The van der Waals surface area contributed by atoms with Gasteiger partial charge in [-0.15, -0.1) is 0 Å². The number of carbonyl (C=O) groups is 1. The molecule has 166 valence electrons. The van der Waals surface area contributed by atoms with Crippen LogP contribution in [0.1, 0.15) is 34.3 Å². The zero-order chi connectivity index (χ0) is 23.0. The number of nitrogens with one attached hydrogen (secondary N) is 2. The van der Waals surface area contributed by atoms with Crippen LogP contribution in [-0.4, -0.2) is 25.1 Å². The maximum Gasteiger partial charge on any atom is 0.263 e. The Morgan fingerprint density at radius 1 is 1.09 bits per heavy atom. The third-order valence-electron chi connectivity index (χ3n) is 5.29. The molecular formula is C24H20N4O4S. The van der Waals surface area contributed by atoms with Crippen LogP contribution in [-0.2, 0) is 23.0 Å². The third kappa shape index (κ3) is 4.10. The number of anilines is 1. The molecule has 0 spiro atoms. The van der Waals surface area contributed by atoms with Gasteiger partial charge in [0.1, 0.15) is 11.4 Å². The van der Waals surface area contributed by atoms with Crippen molar-refractivity contribution < 1.29 is 17.6 Å². The molecule has 8 nitrogen and oxygen atoms in total. The second-order valence-corrected chi connectivity index (χ2v) is 9.21. The predicted octanol–water partition coefficient (Wildman–Crippen LogP) is 3.88. The van der Waals surface area contributed by atoms with Gasteiger partial charge in [-0.3, -0.25) is 14.5 Å². The van der Waals surface area contributed by atoms with E-state index in [9.17, 15) is 13.2 Å². The highest BCUT2D eigenvalue weighted by atomic mass is 32.2. The highest BCUT2D eigenvalue weighted by Crippen LogP contribution is 2.23. The molecule has 0 aliphatic carbocycles. The molecule has 33 heavy (non-hydrogen) atoms. The first kappa shape index (κ1) is 20.9. The Labute approximate surface area is 190 Å². The van der Waals surface area contributed by atoms with Crippen molar-refractivity contribution in [3.63, 3.8) is 0 Å². The zero-order valence-corrected chi connectivity index (χ0v) is 18.5. The number of aromatic nitrogens is 1. The van der Waals surface area contributed by atoms with Crippen molar-refractivity contribution in [3.05, 3.63) is 89.3 Å². The molecule has 1 amide bonds. The maximum atomic E-state index is 12.6. The van der Waals surface area contributed by atoms with Crippen LogP contribution in [0, 0.1) is 0 Å². The highest BCUT2D eigenvalue weighted by Gasteiger charge is 2.29.